The summed E-state index contributed by atoms with van der Waals surface area (Å²) in [5, 5.41) is 0. The summed E-state index contributed by atoms with van der Waals surface area (Å²) in [6, 6.07) is 8.98. The minimum Gasteiger partial charge on any atom is -0.465 e. The summed E-state index contributed by atoms with van der Waals surface area (Å²) in [5.74, 6) is -0.876. The van der Waals surface area contributed by atoms with Gasteiger partial charge in [-0.05, 0) is 42.8 Å². The van der Waals surface area contributed by atoms with Crippen LogP contribution in [0.3, 0.4) is 0 Å². The molecular weight excluding hydrogens is 261 g/mol. The van der Waals surface area contributed by atoms with Gasteiger partial charge in [-0.1, -0.05) is 6.07 Å². The molecule has 0 aliphatic heterocycles. The number of nitrogen functional groups attached to an aromatic ring is 1. The Labute approximate surface area is 115 Å². The first-order valence-corrected chi connectivity index (χ1v) is 5.93. The van der Waals surface area contributed by atoms with E-state index in [1.807, 2.05) is 6.92 Å². The third-order valence-electron chi connectivity index (χ3n) is 2.72. The topological polar surface area (TPSA) is 61.5 Å². The van der Waals surface area contributed by atoms with Crippen LogP contribution in [-0.2, 0) is 4.74 Å². The molecule has 2 aromatic carbocycles. The number of nitrogens with two attached hydrogens (primary N) is 1. The molecule has 2 N–H and O–H groups in total. The van der Waals surface area contributed by atoms with Crippen LogP contribution in [-0.4, -0.2) is 13.1 Å². The van der Waals surface area contributed by atoms with Gasteiger partial charge in [-0.15, -0.1) is 0 Å². The van der Waals surface area contributed by atoms with Crippen molar-refractivity contribution < 1.29 is 18.7 Å². The largest absolute Gasteiger partial charge is 0.465 e. The summed E-state index contributed by atoms with van der Waals surface area (Å²) in [7, 11) is 1.25. The standard InChI is InChI=1S/C15H14FNO3/c1-9-3-5-12(16)14(7-9)20-13-6-4-10(17)8-11(13)15(18)19-2/h3-8H,17H2,1-2H3. The van der Waals surface area contributed by atoms with E-state index in [0.717, 1.165) is 5.56 Å². The average molecular weight is 275 g/mol. The minimum absolute atomic E-state index is 0.0416. The van der Waals surface area contributed by atoms with E-state index in [1.165, 1.54) is 25.3 Å². The van der Waals surface area contributed by atoms with Crippen LogP contribution in [0.1, 0.15) is 15.9 Å². The van der Waals surface area contributed by atoms with Crippen molar-refractivity contribution in [1.82, 2.24) is 0 Å². The molecule has 20 heavy (non-hydrogen) atoms. The van der Waals surface area contributed by atoms with Crippen LogP contribution in [0.15, 0.2) is 36.4 Å². The van der Waals surface area contributed by atoms with Crippen molar-refractivity contribution in [2.75, 3.05) is 12.8 Å². The fourth-order valence-corrected chi connectivity index (χ4v) is 1.71. The number of esters is 1. The van der Waals surface area contributed by atoms with Crippen molar-refractivity contribution in [2.45, 2.75) is 6.92 Å². The summed E-state index contributed by atoms with van der Waals surface area (Å²) in [4.78, 5) is 11.7. The number of aryl methyl sites for hydroxylation is 1. The van der Waals surface area contributed by atoms with Gasteiger partial charge < -0.3 is 15.2 Å². The van der Waals surface area contributed by atoms with Crippen LogP contribution >= 0.6 is 0 Å². The van der Waals surface area contributed by atoms with E-state index in [2.05, 4.69) is 4.74 Å². The molecular formula is C15H14FNO3. The van der Waals surface area contributed by atoms with E-state index >= 15 is 0 Å². The molecule has 0 saturated heterocycles. The molecule has 2 rings (SSSR count). The summed E-state index contributed by atoms with van der Waals surface area (Å²) >= 11 is 0. The first kappa shape index (κ1) is 13.9. The van der Waals surface area contributed by atoms with Crippen molar-refractivity contribution in [3.63, 3.8) is 0 Å². The molecule has 0 amide bonds. The Morgan fingerprint density at radius 1 is 1.15 bits per heavy atom. The second kappa shape index (κ2) is 5.61. The smallest absolute Gasteiger partial charge is 0.341 e. The molecule has 0 spiro atoms. The van der Waals surface area contributed by atoms with Crippen LogP contribution < -0.4 is 10.5 Å². The highest BCUT2D eigenvalue weighted by Crippen LogP contribution is 2.30. The average Bonchev–Trinajstić information content (AvgIpc) is 2.43. The third kappa shape index (κ3) is 2.88. The number of rotatable bonds is 3. The van der Waals surface area contributed by atoms with E-state index < -0.39 is 11.8 Å². The first-order valence-electron chi connectivity index (χ1n) is 5.93. The molecule has 0 aliphatic rings. The van der Waals surface area contributed by atoms with Crippen LogP contribution in [0, 0.1) is 12.7 Å². The summed E-state index contributed by atoms with van der Waals surface area (Å²) < 4.78 is 23.8. The Hall–Kier alpha value is -2.56. The third-order valence-corrected chi connectivity index (χ3v) is 2.72. The number of benzene rings is 2. The lowest BCUT2D eigenvalue weighted by Gasteiger charge is -2.11. The maximum Gasteiger partial charge on any atom is 0.341 e. The monoisotopic (exact) mass is 275 g/mol. The number of halogens is 1. The molecule has 0 aromatic heterocycles. The van der Waals surface area contributed by atoms with Crippen LogP contribution in [0.2, 0.25) is 0 Å². The zero-order chi connectivity index (χ0) is 14.7. The molecule has 4 nitrogen and oxygen atoms in total. The number of carbonyl (C=O) groups excluding carboxylic acids is 1. The van der Waals surface area contributed by atoms with Gasteiger partial charge in [-0.3, -0.25) is 0 Å². The van der Waals surface area contributed by atoms with E-state index in [9.17, 15) is 9.18 Å². The highest BCUT2D eigenvalue weighted by atomic mass is 19.1. The highest BCUT2D eigenvalue weighted by molar-refractivity contribution is 5.93. The van der Waals surface area contributed by atoms with E-state index in [4.69, 9.17) is 10.5 Å². The SMILES string of the molecule is COC(=O)c1cc(N)ccc1Oc1cc(C)ccc1F. The predicted octanol–water partition coefficient (Wildman–Crippen LogP) is 3.30. The number of hydrogen-bond acceptors (Lipinski definition) is 4. The van der Waals surface area contributed by atoms with Crippen molar-refractivity contribution in [2.24, 2.45) is 0 Å². The molecule has 0 radical (unpaired) electrons. The number of anilines is 1. The van der Waals surface area contributed by atoms with Crippen LogP contribution in [0.5, 0.6) is 11.5 Å². The molecule has 2 aromatic rings. The Balaban J connectivity index is 2.43. The molecule has 0 saturated carbocycles. The molecule has 0 bridgehead atoms. The second-order valence-electron chi connectivity index (χ2n) is 4.28. The predicted molar refractivity (Wildman–Crippen MR) is 73.4 cm³/mol. The number of carbonyl (C=O) groups is 1. The van der Waals surface area contributed by atoms with E-state index in [1.54, 1.807) is 18.2 Å². The van der Waals surface area contributed by atoms with Gasteiger partial charge in [0.05, 0.1) is 7.11 Å². The van der Waals surface area contributed by atoms with Gasteiger partial charge in [0.1, 0.15) is 11.3 Å². The van der Waals surface area contributed by atoms with E-state index in [0.29, 0.717) is 5.69 Å². The van der Waals surface area contributed by atoms with Crippen molar-refractivity contribution in [3.05, 3.63) is 53.3 Å². The summed E-state index contributed by atoms with van der Waals surface area (Å²) in [6.07, 6.45) is 0. The van der Waals surface area contributed by atoms with Crippen LogP contribution in [0.4, 0.5) is 10.1 Å². The molecule has 0 unspecified atom stereocenters. The Morgan fingerprint density at radius 2 is 1.90 bits per heavy atom. The van der Waals surface area contributed by atoms with Gasteiger partial charge in [0.15, 0.2) is 11.6 Å². The molecule has 5 heteroatoms. The summed E-state index contributed by atoms with van der Waals surface area (Å²) in [6.45, 7) is 1.82. The number of hydrogen-bond donors (Lipinski definition) is 1. The lowest BCUT2D eigenvalue weighted by Crippen LogP contribution is -2.05. The van der Waals surface area contributed by atoms with Gasteiger partial charge in [0.2, 0.25) is 0 Å². The van der Waals surface area contributed by atoms with Gasteiger partial charge >= 0.3 is 5.97 Å². The molecule has 0 aliphatic carbocycles. The Kier molecular flexibility index (Phi) is 3.89. The van der Waals surface area contributed by atoms with Crippen molar-refractivity contribution in [1.29, 1.82) is 0 Å². The van der Waals surface area contributed by atoms with Crippen molar-refractivity contribution in [3.8, 4) is 11.5 Å². The fourth-order valence-electron chi connectivity index (χ4n) is 1.71. The maximum absolute atomic E-state index is 13.7. The molecule has 0 atom stereocenters. The lowest BCUT2D eigenvalue weighted by molar-refractivity contribution is 0.0598. The highest BCUT2D eigenvalue weighted by Gasteiger charge is 2.15. The van der Waals surface area contributed by atoms with Gasteiger partial charge in [0.25, 0.3) is 0 Å². The lowest BCUT2D eigenvalue weighted by atomic mass is 10.1. The second-order valence-corrected chi connectivity index (χ2v) is 4.28. The van der Waals surface area contributed by atoms with Gasteiger partial charge in [-0.2, -0.15) is 0 Å². The maximum atomic E-state index is 13.7. The first-order chi connectivity index (χ1) is 9.51. The van der Waals surface area contributed by atoms with E-state index in [-0.39, 0.29) is 17.1 Å². The quantitative estimate of drug-likeness (QED) is 0.689. The van der Waals surface area contributed by atoms with Gasteiger partial charge in [0, 0.05) is 5.69 Å². The number of methoxy groups -OCH3 is 1. The van der Waals surface area contributed by atoms with Gasteiger partial charge in [-0.25, -0.2) is 9.18 Å². The Morgan fingerprint density at radius 3 is 2.60 bits per heavy atom. The zero-order valence-corrected chi connectivity index (χ0v) is 11.1. The molecule has 0 heterocycles. The van der Waals surface area contributed by atoms with Crippen molar-refractivity contribution >= 4 is 11.7 Å². The Bertz CT molecular complexity index is 656. The molecule has 0 fully saturated rings. The normalized spacial score (nSPS) is 10.2. The zero-order valence-electron chi connectivity index (χ0n) is 11.1. The molecule has 104 valence electrons. The fraction of sp³-hybridized carbons (Fsp3) is 0.133. The number of ether oxygens (including phenoxy) is 2. The van der Waals surface area contributed by atoms with Crippen LogP contribution in [0.25, 0.3) is 0 Å². The summed E-state index contributed by atoms with van der Waals surface area (Å²) in [5.41, 5.74) is 7.01. The minimum atomic E-state index is -0.597.